The largest absolute Gasteiger partial charge is 0.488 e. The highest BCUT2D eigenvalue weighted by atomic mass is 32.2. The molecule has 9 heteroatoms. The second kappa shape index (κ2) is 12.1. The number of fused-ring (bicyclic) bond motifs is 1. The van der Waals surface area contributed by atoms with Crippen LogP contribution in [0.2, 0.25) is 0 Å². The lowest BCUT2D eigenvalue weighted by Crippen LogP contribution is -2.35. The zero-order valence-corrected chi connectivity index (χ0v) is 23.4. The first-order chi connectivity index (χ1) is 18.2. The number of esters is 1. The molecular weight excluding hydrogens is 502 g/mol. The average molecular weight is 540 g/mol. The van der Waals surface area contributed by atoms with Crippen molar-refractivity contribution in [1.82, 2.24) is 13.9 Å². The molecule has 0 bridgehead atoms. The van der Waals surface area contributed by atoms with Crippen molar-refractivity contribution in [3.05, 3.63) is 77.4 Å². The van der Waals surface area contributed by atoms with E-state index in [1.54, 1.807) is 31.2 Å². The lowest BCUT2D eigenvalue weighted by Gasteiger charge is -2.24. The molecule has 0 radical (unpaired) electrons. The fraction of sp³-hybridized carbons (Fsp3) is 0.448. The third-order valence-corrected chi connectivity index (χ3v) is 8.82. The van der Waals surface area contributed by atoms with E-state index in [-0.39, 0.29) is 42.4 Å². The van der Waals surface area contributed by atoms with E-state index in [2.05, 4.69) is 11.9 Å². The summed E-state index contributed by atoms with van der Waals surface area (Å²) < 4.78 is 41.9. The van der Waals surface area contributed by atoms with Crippen molar-refractivity contribution in [3.63, 3.8) is 0 Å². The molecule has 0 saturated carbocycles. The molecular formula is C29H37N3O5S. The van der Waals surface area contributed by atoms with Crippen molar-refractivity contribution < 1.29 is 22.7 Å². The molecule has 38 heavy (non-hydrogen) atoms. The van der Waals surface area contributed by atoms with Gasteiger partial charge in [-0.15, -0.1) is 0 Å². The summed E-state index contributed by atoms with van der Waals surface area (Å²) in [6, 6.07) is 12.9. The molecule has 1 aliphatic heterocycles. The van der Waals surface area contributed by atoms with Gasteiger partial charge in [0.25, 0.3) is 0 Å². The molecule has 8 nitrogen and oxygen atoms in total. The zero-order valence-electron chi connectivity index (χ0n) is 22.6. The van der Waals surface area contributed by atoms with Crippen LogP contribution in [0.4, 0.5) is 0 Å². The van der Waals surface area contributed by atoms with Gasteiger partial charge in [0.15, 0.2) is 0 Å². The van der Waals surface area contributed by atoms with Gasteiger partial charge in [-0.3, -0.25) is 4.79 Å². The van der Waals surface area contributed by atoms with E-state index in [0.29, 0.717) is 12.4 Å². The smallest absolute Gasteiger partial charge is 0.306 e. The summed E-state index contributed by atoms with van der Waals surface area (Å²) in [5, 5.41) is 0. The normalized spacial score (nSPS) is 17.7. The fourth-order valence-corrected chi connectivity index (χ4v) is 6.45. The van der Waals surface area contributed by atoms with Crippen LogP contribution in [-0.4, -0.2) is 47.5 Å². The number of para-hydroxylation sites is 1. The number of ether oxygens (including phenoxy) is 2. The maximum atomic E-state index is 13.6. The molecule has 1 unspecified atom stereocenters. The number of imidazole rings is 1. The van der Waals surface area contributed by atoms with Crippen LogP contribution in [0.1, 0.15) is 61.9 Å². The van der Waals surface area contributed by atoms with Gasteiger partial charge >= 0.3 is 5.97 Å². The topological polar surface area (TPSA) is 90.7 Å². The van der Waals surface area contributed by atoms with Gasteiger partial charge in [-0.2, -0.15) is 4.31 Å². The molecule has 1 aromatic heterocycles. The summed E-state index contributed by atoms with van der Waals surface area (Å²) in [7, 11) is -3.75. The van der Waals surface area contributed by atoms with Gasteiger partial charge < -0.3 is 14.0 Å². The number of hydrogen-bond acceptors (Lipinski definition) is 6. The van der Waals surface area contributed by atoms with Crippen molar-refractivity contribution in [2.24, 2.45) is 0 Å². The first kappa shape index (κ1) is 27.9. The van der Waals surface area contributed by atoms with Crippen molar-refractivity contribution in [1.29, 1.82) is 0 Å². The molecule has 2 atom stereocenters. The number of aryl methyl sites for hydroxylation is 3. The van der Waals surface area contributed by atoms with Crippen LogP contribution in [0.25, 0.3) is 0 Å². The van der Waals surface area contributed by atoms with Crippen molar-refractivity contribution in [2.75, 3.05) is 13.2 Å². The van der Waals surface area contributed by atoms with Crippen molar-refractivity contribution in [2.45, 2.75) is 77.0 Å². The monoisotopic (exact) mass is 539 g/mol. The second-order valence-corrected chi connectivity index (χ2v) is 11.7. The summed E-state index contributed by atoms with van der Waals surface area (Å²) in [5.41, 5.74) is 3.87. The van der Waals surface area contributed by atoms with E-state index in [9.17, 15) is 13.2 Å². The van der Waals surface area contributed by atoms with Crippen LogP contribution in [0.5, 0.6) is 5.75 Å². The van der Waals surface area contributed by atoms with Crippen LogP contribution in [-0.2, 0) is 39.1 Å². The molecule has 2 aromatic carbocycles. The minimum Gasteiger partial charge on any atom is -0.488 e. The highest BCUT2D eigenvalue weighted by molar-refractivity contribution is 7.89. The molecule has 0 aliphatic carbocycles. The Balaban J connectivity index is 1.61. The Labute approximate surface area is 225 Å². The minimum atomic E-state index is -3.75. The highest BCUT2D eigenvalue weighted by Crippen LogP contribution is 2.33. The van der Waals surface area contributed by atoms with Gasteiger partial charge in [-0.1, -0.05) is 30.3 Å². The molecule has 1 aliphatic rings. The Kier molecular flexibility index (Phi) is 8.89. The predicted molar refractivity (Wildman–Crippen MR) is 146 cm³/mol. The van der Waals surface area contributed by atoms with Gasteiger partial charge in [-0.25, -0.2) is 13.4 Å². The highest BCUT2D eigenvalue weighted by Gasteiger charge is 2.33. The summed E-state index contributed by atoms with van der Waals surface area (Å²) in [6.45, 7) is 9.38. The maximum absolute atomic E-state index is 13.6. The molecule has 0 amide bonds. The summed E-state index contributed by atoms with van der Waals surface area (Å²) >= 11 is 0. The fourth-order valence-electron chi connectivity index (χ4n) is 4.83. The molecule has 2 heterocycles. The second-order valence-electron chi connectivity index (χ2n) is 9.80. The maximum Gasteiger partial charge on any atom is 0.306 e. The van der Waals surface area contributed by atoms with Crippen LogP contribution in [0.3, 0.4) is 0 Å². The zero-order chi connectivity index (χ0) is 27.3. The molecule has 4 rings (SSSR count). The van der Waals surface area contributed by atoms with Crippen LogP contribution in [0, 0.1) is 6.92 Å². The van der Waals surface area contributed by atoms with Gasteiger partial charge in [0.2, 0.25) is 10.0 Å². The standard InChI is InChI=1S/C29H37N3O5S/c1-5-31-19-26(30-20-31)14-13-24(16-29(33)36-6-2)23-12-11-21(3)25(15-23)18-32-17-22(4)37-27-9-7-8-10-28(27)38(32,34)35/h7-12,15,19-20,22,24H,5-6,13-14,16-18H2,1-4H3/t22-,24?/m1/s1. The number of carbonyl (C=O) groups is 1. The quantitative estimate of drug-likeness (QED) is 0.342. The SMILES string of the molecule is CCOC(=O)CC(CCc1cn(CC)cn1)c1ccc(C)c(CN2C[C@@H](C)Oc3ccccc3S2(=O)=O)c1. The third kappa shape index (κ3) is 6.45. The summed E-state index contributed by atoms with van der Waals surface area (Å²) in [5.74, 6) is 0.0632. The van der Waals surface area contributed by atoms with Gasteiger partial charge in [-0.05, 0) is 75.3 Å². The molecule has 204 valence electrons. The Hall–Kier alpha value is -3.17. The molecule has 0 fully saturated rings. The first-order valence-electron chi connectivity index (χ1n) is 13.2. The Morgan fingerprint density at radius 2 is 2.00 bits per heavy atom. The van der Waals surface area contributed by atoms with Crippen molar-refractivity contribution in [3.8, 4) is 5.75 Å². The number of rotatable bonds is 10. The van der Waals surface area contributed by atoms with Crippen molar-refractivity contribution >= 4 is 16.0 Å². The lowest BCUT2D eigenvalue weighted by molar-refractivity contribution is -0.143. The number of aromatic nitrogens is 2. The Morgan fingerprint density at radius 1 is 1.21 bits per heavy atom. The summed E-state index contributed by atoms with van der Waals surface area (Å²) in [6.07, 6.45) is 5.27. The van der Waals surface area contributed by atoms with E-state index >= 15 is 0 Å². The number of benzene rings is 2. The number of carbonyl (C=O) groups excluding carboxylic acids is 1. The van der Waals surface area contributed by atoms with E-state index in [1.807, 2.05) is 49.1 Å². The van der Waals surface area contributed by atoms with Crippen LogP contribution >= 0.6 is 0 Å². The Bertz CT molecular complexity index is 1370. The predicted octanol–water partition coefficient (Wildman–Crippen LogP) is 4.85. The molecule has 0 saturated heterocycles. The third-order valence-electron chi connectivity index (χ3n) is 6.97. The van der Waals surface area contributed by atoms with E-state index in [4.69, 9.17) is 9.47 Å². The minimum absolute atomic E-state index is 0.0797. The molecule has 3 aromatic rings. The Morgan fingerprint density at radius 3 is 2.74 bits per heavy atom. The number of nitrogens with zero attached hydrogens (tertiary/aromatic N) is 3. The van der Waals surface area contributed by atoms with Gasteiger partial charge in [0, 0.05) is 19.3 Å². The summed E-state index contributed by atoms with van der Waals surface area (Å²) in [4.78, 5) is 17.2. The number of sulfonamides is 1. The van der Waals surface area contributed by atoms with E-state index in [1.165, 1.54) is 4.31 Å². The first-order valence-corrected chi connectivity index (χ1v) is 14.7. The number of hydrogen-bond donors (Lipinski definition) is 0. The van der Waals surface area contributed by atoms with Crippen LogP contribution < -0.4 is 4.74 Å². The molecule has 0 spiro atoms. The van der Waals surface area contributed by atoms with Gasteiger partial charge in [0.05, 0.1) is 31.6 Å². The van der Waals surface area contributed by atoms with Crippen LogP contribution in [0.15, 0.2) is 59.9 Å². The molecule has 0 N–H and O–H groups in total. The van der Waals surface area contributed by atoms with Gasteiger partial charge in [0.1, 0.15) is 16.7 Å². The van der Waals surface area contributed by atoms with E-state index < -0.39 is 10.0 Å². The van der Waals surface area contributed by atoms with E-state index in [0.717, 1.165) is 41.8 Å². The lowest BCUT2D eigenvalue weighted by atomic mass is 9.88. The average Bonchev–Trinajstić information content (AvgIpc) is 3.32.